The molecule has 3 aliphatic heterocycles. The van der Waals surface area contributed by atoms with Crippen molar-refractivity contribution in [3.63, 3.8) is 0 Å². The summed E-state index contributed by atoms with van der Waals surface area (Å²) in [6.07, 6.45) is 9.29. The zero-order valence-corrected chi connectivity index (χ0v) is 57.3. The van der Waals surface area contributed by atoms with Crippen molar-refractivity contribution in [1.82, 2.24) is 0 Å². The fourth-order valence-corrected chi connectivity index (χ4v) is 18.8. The van der Waals surface area contributed by atoms with E-state index in [2.05, 4.69) is 274 Å². The Labute approximate surface area is 531 Å². The molecule has 0 saturated heterocycles. The average Bonchev–Trinajstić information content (AvgIpc) is 1.44. The molecule has 2 unspecified atom stereocenters. The Kier molecular flexibility index (Phi) is 12.2. The van der Waals surface area contributed by atoms with Crippen molar-refractivity contribution in [2.75, 3.05) is 14.7 Å². The van der Waals surface area contributed by atoms with Gasteiger partial charge in [0.1, 0.15) is 11.2 Å². The first-order valence-electron chi connectivity index (χ1n) is 33.5. The van der Waals surface area contributed by atoms with Crippen LogP contribution in [0, 0.1) is 0 Å². The lowest BCUT2D eigenvalue weighted by Gasteiger charge is -2.51. The quantitative estimate of drug-likeness (QED) is 0.164. The van der Waals surface area contributed by atoms with Crippen molar-refractivity contribution in [2.45, 2.75) is 232 Å². The summed E-state index contributed by atoms with van der Waals surface area (Å²) in [7, 11) is 0. The molecule has 0 spiro atoms. The molecule has 0 bridgehead atoms. The lowest BCUT2D eigenvalue weighted by Crippen LogP contribution is -2.60. The largest absolute Gasteiger partial charge is 0.468 e. The maximum absolute atomic E-state index is 7.95. The summed E-state index contributed by atoms with van der Waals surface area (Å²) in [4.78, 5) is 8.34. The van der Waals surface area contributed by atoms with Gasteiger partial charge in [-0.25, -0.2) is 0 Å². The first kappa shape index (κ1) is 57.9. The zero-order chi connectivity index (χ0) is 62.2. The molecule has 9 aromatic rings. The first-order valence-corrected chi connectivity index (χ1v) is 34.3. The molecule has 0 radical (unpaired) electrons. The number of hydrogen-bond acceptors (Lipinski definition) is 5. The minimum Gasteiger partial charge on any atom is -0.468 e. The van der Waals surface area contributed by atoms with E-state index in [-0.39, 0.29) is 55.6 Å². The molecular formula is C82H94BN3OS. The van der Waals surface area contributed by atoms with Gasteiger partial charge in [0.05, 0.1) is 22.6 Å². The highest BCUT2D eigenvalue weighted by Crippen LogP contribution is 2.64. The highest BCUT2D eigenvalue weighted by molar-refractivity contribution is 7.33. The van der Waals surface area contributed by atoms with Crippen molar-refractivity contribution < 1.29 is 4.42 Å². The van der Waals surface area contributed by atoms with Crippen LogP contribution in [0.15, 0.2) is 132 Å². The predicted molar refractivity (Wildman–Crippen MR) is 381 cm³/mol. The van der Waals surface area contributed by atoms with Gasteiger partial charge < -0.3 is 19.1 Å². The fraction of sp³-hybridized carbons (Fsp3) is 0.439. The van der Waals surface area contributed by atoms with Gasteiger partial charge in [0.15, 0.2) is 0 Å². The molecule has 452 valence electrons. The first-order chi connectivity index (χ1) is 41.2. The lowest BCUT2D eigenvalue weighted by atomic mass is 9.38. The smallest absolute Gasteiger partial charge is 0.309 e. The number of anilines is 8. The molecule has 6 heteroatoms. The van der Waals surface area contributed by atoms with Crippen LogP contribution in [0.3, 0.4) is 0 Å². The summed E-state index contributed by atoms with van der Waals surface area (Å²) in [6, 6.07) is 51.7. The maximum atomic E-state index is 7.95. The van der Waals surface area contributed by atoms with E-state index in [4.69, 9.17) is 4.42 Å². The van der Waals surface area contributed by atoms with E-state index in [1.807, 2.05) is 11.3 Å². The van der Waals surface area contributed by atoms with Crippen LogP contribution in [0.5, 0.6) is 0 Å². The van der Waals surface area contributed by atoms with Crippen LogP contribution < -0.4 is 30.6 Å². The molecule has 6 aliphatic rings. The van der Waals surface area contributed by atoms with E-state index in [1.165, 1.54) is 134 Å². The van der Waals surface area contributed by atoms with E-state index in [1.54, 1.807) is 0 Å². The Bertz CT molecular complexity index is 4390. The van der Waals surface area contributed by atoms with Gasteiger partial charge in [-0.2, -0.15) is 0 Å². The third kappa shape index (κ3) is 8.26. The van der Waals surface area contributed by atoms with E-state index in [0.717, 1.165) is 55.5 Å². The molecule has 2 atom stereocenters. The van der Waals surface area contributed by atoms with Crippen molar-refractivity contribution >= 4 is 101 Å². The Morgan fingerprint density at radius 2 is 0.966 bits per heavy atom. The van der Waals surface area contributed by atoms with Gasteiger partial charge >= 0.3 is 6.71 Å². The Morgan fingerprint density at radius 1 is 0.443 bits per heavy atom. The van der Waals surface area contributed by atoms with Gasteiger partial charge in [0.25, 0.3) is 0 Å². The molecule has 1 fully saturated rings. The molecule has 5 heterocycles. The van der Waals surface area contributed by atoms with Crippen molar-refractivity contribution in [3.05, 3.63) is 172 Å². The molecule has 1 saturated carbocycles. The Morgan fingerprint density at radius 3 is 1.57 bits per heavy atom. The monoisotopic (exact) mass is 1180 g/mol. The predicted octanol–water partition coefficient (Wildman–Crippen LogP) is 21.7. The van der Waals surface area contributed by atoms with Gasteiger partial charge in [0, 0.05) is 59.7 Å². The SMILES string of the molecule is CC(C)(C)c1ccc(N2c3cc(N4c5ccc(C(C)(C)C)cc5C5(C)CCCCC45C)cc4c3B(c3oc5cc6c(cc5c32)C(C)(C)CCC6(C)C)c2sc3cc5c(cc3c2N4c2ccc(C(C)(C)C)cc2-c2ccccc2)C(C)(C)CCC5(C)C)cc1. The number of hydrogen-bond donors (Lipinski definition) is 0. The van der Waals surface area contributed by atoms with E-state index >= 15 is 0 Å². The summed E-state index contributed by atoms with van der Waals surface area (Å²) < 4.78 is 10.7. The summed E-state index contributed by atoms with van der Waals surface area (Å²) in [5.41, 5.74) is 26.8. The van der Waals surface area contributed by atoms with Crippen LogP contribution in [0.25, 0.3) is 32.2 Å². The topological polar surface area (TPSA) is 22.9 Å². The van der Waals surface area contributed by atoms with Gasteiger partial charge in [0.2, 0.25) is 0 Å². The van der Waals surface area contributed by atoms with E-state index in [9.17, 15) is 0 Å². The summed E-state index contributed by atoms with van der Waals surface area (Å²) in [6.45, 7) is 46.2. The van der Waals surface area contributed by atoms with E-state index in [0.29, 0.717) is 0 Å². The Balaban J connectivity index is 1.13. The number of benzene rings is 7. The van der Waals surface area contributed by atoms with Crippen molar-refractivity contribution in [3.8, 4) is 11.1 Å². The average molecular weight is 1180 g/mol. The molecule has 15 rings (SSSR count). The van der Waals surface area contributed by atoms with Crippen LogP contribution in [-0.4, -0.2) is 12.3 Å². The standard InChI is InChI=1S/C82H94BN3OS/c1-74(2,3)50-27-31-53(32-28-50)84-65-43-54(86-64-34-30-52(76(7,8)9)42-62(64)81(18)35-23-24-36-82(81,86)19)44-66-69(65)83(72-70(84)56-45-58-60(47-67(56)87-72)79(14,15)39-37-77(58,10)11)73-71(57-46-59-61(48-68(57)88-73)80(16,17)40-38-78(59,12)13)85(66)63-33-29-51(75(4,5)6)41-55(63)49-25-21-20-22-26-49/h20-22,25-34,41-48H,23-24,35-40H2,1-19H3. The van der Waals surface area contributed by atoms with Crippen LogP contribution in [0.2, 0.25) is 0 Å². The number of furan rings is 1. The lowest BCUT2D eigenvalue weighted by molar-refractivity contribution is 0.195. The summed E-state index contributed by atoms with van der Waals surface area (Å²) in [5, 5.41) is 2.55. The minimum atomic E-state index is -0.204. The normalized spacial score (nSPS) is 22.0. The highest BCUT2D eigenvalue weighted by atomic mass is 32.1. The Hall–Kier alpha value is -6.50. The van der Waals surface area contributed by atoms with Crippen LogP contribution in [0.1, 0.15) is 227 Å². The number of rotatable bonds is 4. The van der Waals surface area contributed by atoms with Crippen molar-refractivity contribution in [2.24, 2.45) is 0 Å². The van der Waals surface area contributed by atoms with Gasteiger partial charge in [-0.05, 0) is 206 Å². The number of fused-ring (bicyclic) bond motifs is 13. The van der Waals surface area contributed by atoms with Crippen LogP contribution in [-0.2, 0) is 43.3 Å². The minimum absolute atomic E-state index is 0.00294. The second kappa shape index (κ2) is 18.6. The second-order valence-electron chi connectivity index (χ2n) is 34.2. The van der Waals surface area contributed by atoms with Crippen LogP contribution >= 0.6 is 11.3 Å². The van der Waals surface area contributed by atoms with Crippen LogP contribution in [0.4, 0.5) is 45.5 Å². The third-order valence-corrected chi connectivity index (χ3v) is 24.8. The molecule has 2 aromatic heterocycles. The molecule has 0 amide bonds. The molecule has 3 aliphatic carbocycles. The zero-order valence-electron chi connectivity index (χ0n) is 56.5. The van der Waals surface area contributed by atoms with Gasteiger partial charge in [-0.1, -0.05) is 198 Å². The molecule has 4 nitrogen and oxygen atoms in total. The molecule has 7 aromatic carbocycles. The van der Waals surface area contributed by atoms with Gasteiger partial charge in [-0.15, -0.1) is 11.3 Å². The number of nitrogens with zero attached hydrogens (tertiary/aromatic N) is 3. The van der Waals surface area contributed by atoms with Crippen molar-refractivity contribution in [1.29, 1.82) is 0 Å². The maximum Gasteiger partial charge on any atom is 0.309 e. The summed E-state index contributed by atoms with van der Waals surface area (Å²) in [5.74, 6) is 0. The second-order valence-corrected chi connectivity index (χ2v) is 35.3. The summed E-state index contributed by atoms with van der Waals surface area (Å²) >= 11 is 2.03. The third-order valence-electron chi connectivity index (χ3n) is 23.6. The fourth-order valence-electron chi connectivity index (χ4n) is 17.5. The molecule has 88 heavy (non-hydrogen) atoms. The molecule has 0 N–H and O–H groups in total. The van der Waals surface area contributed by atoms with Gasteiger partial charge in [-0.3, -0.25) is 0 Å². The highest BCUT2D eigenvalue weighted by Gasteiger charge is 2.59. The number of thiophene rings is 1. The molecular weight excluding hydrogens is 1090 g/mol. The van der Waals surface area contributed by atoms with E-state index < -0.39 is 0 Å².